The summed E-state index contributed by atoms with van der Waals surface area (Å²) in [7, 11) is -3.61. The Morgan fingerprint density at radius 2 is 1.77 bits per heavy atom. The van der Waals surface area contributed by atoms with Gasteiger partial charge in [0.05, 0.1) is 4.90 Å². The van der Waals surface area contributed by atoms with Crippen LogP contribution in [0.15, 0.2) is 70.9 Å². The molecular formula is C27H29N3O3S2. The summed E-state index contributed by atoms with van der Waals surface area (Å²) in [6.45, 7) is 7.47. The number of nitrogens with zero attached hydrogens (tertiary/aromatic N) is 3. The number of sulfonamides is 1. The Morgan fingerprint density at radius 3 is 2.49 bits per heavy atom. The zero-order chi connectivity index (χ0) is 24.7. The molecule has 1 saturated heterocycles. The lowest BCUT2D eigenvalue weighted by molar-refractivity contribution is 0.0632. The van der Waals surface area contributed by atoms with Crippen LogP contribution in [-0.2, 0) is 16.6 Å². The fourth-order valence-electron chi connectivity index (χ4n) is 4.79. The van der Waals surface area contributed by atoms with E-state index in [9.17, 15) is 13.2 Å². The summed E-state index contributed by atoms with van der Waals surface area (Å²) < 4.78 is 30.1. The first-order valence-corrected chi connectivity index (χ1v) is 14.1. The molecule has 1 amide bonds. The predicted octanol–water partition coefficient (Wildman–Crippen LogP) is 4.90. The average Bonchev–Trinajstić information content (AvgIpc) is 3.41. The molecule has 1 aliphatic heterocycles. The molecule has 1 aliphatic rings. The van der Waals surface area contributed by atoms with Gasteiger partial charge in [0.25, 0.3) is 5.91 Å². The molecule has 0 spiro atoms. The third-order valence-corrected chi connectivity index (χ3v) is 9.61. The van der Waals surface area contributed by atoms with Gasteiger partial charge in [0.1, 0.15) is 10.5 Å². The molecule has 0 aliphatic carbocycles. The van der Waals surface area contributed by atoms with Crippen LogP contribution in [0.2, 0.25) is 0 Å². The van der Waals surface area contributed by atoms with Gasteiger partial charge < -0.3 is 9.47 Å². The van der Waals surface area contributed by atoms with Crippen molar-refractivity contribution in [3.8, 4) is 0 Å². The van der Waals surface area contributed by atoms with Crippen molar-refractivity contribution in [2.75, 3.05) is 19.6 Å². The second-order valence-electron chi connectivity index (χ2n) is 9.31. The van der Waals surface area contributed by atoms with Gasteiger partial charge in [0.2, 0.25) is 10.0 Å². The number of hydrogen-bond donors (Lipinski definition) is 0. The van der Waals surface area contributed by atoms with Gasteiger partial charge in [-0.1, -0.05) is 47.5 Å². The molecule has 0 N–H and O–H groups in total. The molecule has 3 heterocycles. The molecule has 5 rings (SSSR count). The van der Waals surface area contributed by atoms with Crippen LogP contribution in [0.4, 0.5) is 0 Å². The Morgan fingerprint density at radius 1 is 1.00 bits per heavy atom. The summed E-state index contributed by atoms with van der Waals surface area (Å²) in [6, 6.07) is 18.9. The van der Waals surface area contributed by atoms with Crippen molar-refractivity contribution in [3.05, 3.63) is 88.4 Å². The fraction of sp³-hybridized carbons (Fsp3) is 0.296. The van der Waals surface area contributed by atoms with Crippen molar-refractivity contribution in [2.45, 2.75) is 38.3 Å². The molecule has 2 aromatic carbocycles. The van der Waals surface area contributed by atoms with Crippen LogP contribution in [0.1, 0.15) is 34.1 Å². The number of thiophene rings is 1. The highest BCUT2D eigenvalue weighted by atomic mass is 32.2. The summed E-state index contributed by atoms with van der Waals surface area (Å²) in [5, 5.41) is 3.10. The Balaban J connectivity index is 1.39. The van der Waals surface area contributed by atoms with E-state index in [-0.39, 0.29) is 18.5 Å². The van der Waals surface area contributed by atoms with Crippen molar-refractivity contribution >= 4 is 37.5 Å². The number of hydrogen-bond acceptors (Lipinski definition) is 4. The summed E-state index contributed by atoms with van der Waals surface area (Å²) >= 11 is 1.63. The van der Waals surface area contributed by atoms with Crippen LogP contribution >= 0.6 is 11.3 Å². The predicted molar refractivity (Wildman–Crippen MR) is 141 cm³/mol. The second-order valence-corrected chi connectivity index (χ2v) is 12.1. The summed E-state index contributed by atoms with van der Waals surface area (Å²) in [6.07, 6.45) is 0. The van der Waals surface area contributed by atoms with Crippen LogP contribution in [-0.4, -0.2) is 53.8 Å². The Labute approximate surface area is 210 Å². The van der Waals surface area contributed by atoms with E-state index in [0.717, 1.165) is 21.3 Å². The monoisotopic (exact) mass is 507 g/mol. The highest BCUT2D eigenvalue weighted by molar-refractivity contribution is 7.89. The van der Waals surface area contributed by atoms with Gasteiger partial charge in [-0.05, 0) is 56.0 Å². The maximum absolute atomic E-state index is 13.7. The van der Waals surface area contributed by atoms with Crippen molar-refractivity contribution < 1.29 is 13.2 Å². The van der Waals surface area contributed by atoms with Gasteiger partial charge in [-0.3, -0.25) is 4.79 Å². The van der Waals surface area contributed by atoms with Gasteiger partial charge in [-0.2, -0.15) is 4.31 Å². The first kappa shape index (κ1) is 23.8. The second kappa shape index (κ2) is 9.26. The molecule has 1 atom stereocenters. The quantitative estimate of drug-likeness (QED) is 0.386. The van der Waals surface area contributed by atoms with Gasteiger partial charge >= 0.3 is 0 Å². The van der Waals surface area contributed by atoms with Crippen molar-refractivity contribution in [2.24, 2.45) is 0 Å². The molecule has 1 unspecified atom stereocenters. The highest BCUT2D eigenvalue weighted by Gasteiger charge is 2.36. The first-order chi connectivity index (χ1) is 16.7. The number of aryl methyl sites for hydroxylation is 2. The minimum Gasteiger partial charge on any atom is -0.334 e. The van der Waals surface area contributed by atoms with Crippen molar-refractivity contribution in [1.29, 1.82) is 0 Å². The molecule has 0 saturated carbocycles. The number of piperazine rings is 1. The minimum absolute atomic E-state index is 0.0553. The molecule has 6 nitrogen and oxygen atoms in total. The van der Waals surface area contributed by atoms with Crippen LogP contribution in [0, 0.1) is 13.8 Å². The summed E-state index contributed by atoms with van der Waals surface area (Å²) in [5.41, 5.74) is 3.99. The SMILES string of the molecule is Cc1ccc(S(=O)(=O)N2CCN(C(=O)c3cc4ccsc4n3Cc3cccc(C)c3)CC2C)cc1. The van der Waals surface area contributed by atoms with Crippen molar-refractivity contribution in [1.82, 2.24) is 13.8 Å². The molecule has 1 fully saturated rings. The molecule has 4 aromatic rings. The number of amides is 1. The lowest BCUT2D eigenvalue weighted by Crippen LogP contribution is -2.55. The Kier molecular flexibility index (Phi) is 6.29. The largest absolute Gasteiger partial charge is 0.334 e. The standard InChI is InChI=1S/C27H29N3O3S2/c1-19-7-9-24(10-8-19)35(32,33)30-13-12-28(17-21(30)3)26(31)25-16-23-11-14-34-27(23)29(25)18-22-6-4-5-20(2)15-22/h4-11,14-16,21H,12-13,17-18H2,1-3H3. The van der Waals surface area contributed by atoms with E-state index in [4.69, 9.17) is 0 Å². The maximum atomic E-state index is 13.7. The van der Waals surface area contributed by atoms with Crippen molar-refractivity contribution in [3.63, 3.8) is 0 Å². The van der Waals surface area contributed by atoms with Gasteiger partial charge in [0, 0.05) is 37.6 Å². The number of benzene rings is 2. The molecule has 0 radical (unpaired) electrons. The third kappa shape index (κ3) is 4.53. The number of fused-ring (bicyclic) bond motifs is 1. The highest BCUT2D eigenvalue weighted by Crippen LogP contribution is 2.29. The third-order valence-electron chi connectivity index (χ3n) is 6.63. The number of carbonyl (C=O) groups is 1. The van der Waals surface area contributed by atoms with Gasteiger partial charge in [0.15, 0.2) is 0 Å². The summed E-state index contributed by atoms with van der Waals surface area (Å²) in [5.74, 6) is -0.0553. The van der Waals surface area contributed by atoms with Crippen LogP contribution in [0.3, 0.4) is 0 Å². The van der Waals surface area contributed by atoms with E-state index in [2.05, 4.69) is 29.7 Å². The average molecular weight is 508 g/mol. The molecule has 182 valence electrons. The lowest BCUT2D eigenvalue weighted by atomic mass is 10.1. The van der Waals surface area contributed by atoms with E-state index < -0.39 is 10.0 Å². The summed E-state index contributed by atoms with van der Waals surface area (Å²) in [4.78, 5) is 16.9. The maximum Gasteiger partial charge on any atom is 0.270 e. The Hall–Kier alpha value is -2.94. The van der Waals surface area contributed by atoms with Crippen LogP contribution in [0.25, 0.3) is 10.2 Å². The van der Waals surface area contributed by atoms with E-state index in [1.807, 2.05) is 49.6 Å². The van der Waals surface area contributed by atoms with E-state index >= 15 is 0 Å². The zero-order valence-corrected chi connectivity index (χ0v) is 21.8. The van der Waals surface area contributed by atoms with E-state index in [0.29, 0.717) is 30.2 Å². The van der Waals surface area contributed by atoms with Crippen LogP contribution < -0.4 is 0 Å². The number of carbonyl (C=O) groups excluding carboxylic acids is 1. The van der Waals surface area contributed by atoms with E-state index in [1.165, 1.54) is 9.87 Å². The molecule has 0 bridgehead atoms. The molecular weight excluding hydrogens is 478 g/mol. The van der Waals surface area contributed by atoms with Crippen LogP contribution in [0.5, 0.6) is 0 Å². The normalized spacial score (nSPS) is 17.2. The molecule has 2 aromatic heterocycles. The Bertz CT molecular complexity index is 1490. The minimum atomic E-state index is -3.61. The zero-order valence-electron chi connectivity index (χ0n) is 20.1. The first-order valence-electron chi connectivity index (χ1n) is 11.7. The smallest absolute Gasteiger partial charge is 0.270 e. The topological polar surface area (TPSA) is 62.6 Å². The van der Waals surface area contributed by atoms with Gasteiger partial charge in [-0.25, -0.2) is 8.42 Å². The van der Waals surface area contributed by atoms with E-state index in [1.54, 1.807) is 28.4 Å². The molecule has 35 heavy (non-hydrogen) atoms. The van der Waals surface area contributed by atoms with Gasteiger partial charge in [-0.15, -0.1) is 11.3 Å². The molecule has 8 heteroatoms. The fourth-order valence-corrected chi connectivity index (χ4v) is 7.30. The lowest BCUT2D eigenvalue weighted by Gasteiger charge is -2.39. The number of aromatic nitrogens is 1. The number of rotatable bonds is 5.